The molecule has 0 aliphatic carbocycles. The van der Waals surface area contributed by atoms with E-state index in [1.54, 1.807) is 13.3 Å². The van der Waals surface area contributed by atoms with Crippen molar-refractivity contribution >= 4 is 5.95 Å². The minimum Gasteiger partial charge on any atom is -0.385 e. The van der Waals surface area contributed by atoms with Crippen molar-refractivity contribution < 1.29 is 4.74 Å². The van der Waals surface area contributed by atoms with Gasteiger partial charge in [-0.05, 0) is 19.8 Å². The number of hydrogen-bond acceptors (Lipinski definition) is 5. The molecule has 0 atom stereocenters. The van der Waals surface area contributed by atoms with Crippen LogP contribution in [0.15, 0.2) is 18.6 Å². The van der Waals surface area contributed by atoms with Gasteiger partial charge < -0.3 is 14.6 Å². The third kappa shape index (κ3) is 4.34. The third-order valence-electron chi connectivity index (χ3n) is 2.96. The van der Waals surface area contributed by atoms with Crippen LogP contribution in [0.3, 0.4) is 0 Å². The van der Waals surface area contributed by atoms with Crippen LogP contribution in [0.2, 0.25) is 0 Å². The molecule has 2 aromatic rings. The van der Waals surface area contributed by atoms with E-state index in [2.05, 4.69) is 31.4 Å². The molecule has 0 fully saturated rings. The van der Waals surface area contributed by atoms with Crippen LogP contribution in [0.5, 0.6) is 0 Å². The Labute approximate surface area is 119 Å². The smallest absolute Gasteiger partial charge is 0.203 e. The number of aryl methyl sites for hydroxylation is 3. The maximum absolute atomic E-state index is 5.08. The Bertz CT molecular complexity index is 493. The van der Waals surface area contributed by atoms with Crippen LogP contribution >= 0.6 is 0 Å². The summed E-state index contributed by atoms with van der Waals surface area (Å²) in [5, 5.41) is 11.1. The molecule has 0 unspecified atom stereocenters. The molecule has 7 heteroatoms. The van der Waals surface area contributed by atoms with E-state index in [-0.39, 0.29) is 0 Å². The minimum atomic E-state index is 0.767. The van der Waals surface area contributed by atoms with Crippen LogP contribution in [0.25, 0.3) is 0 Å². The van der Waals surface area contributed by atoms with Gasteiger partial charge in [0.2, 0.25) is 5.95 Å². The fourth-order valence-electron chi connectivity index (χ4n) is 2.03. The summed E-state index contributed by atoms with van der Waals surface area (Å²) in [5.41, 5.74) is 1.03. The summed E-state index contributed by atoms with van der Waals surface area (Å²) in [6.07, 6.45) is 7.60. The molecule has 110 valence electrons. The van der Waals surface area contributed by atoms with Crippen LogP contribution in [0.1, 0.15) is 18.5 Å². The van der Waals surface area contributed by atoms with Crippen LogP contribution in [-0.4, -0.2) is 44.8 Å². The predicted molar refractivity (Wildman–Crippen MR) is 76.6 cm³/mol. The molecule has 20 heavy (non-hydrogen) atoms. The van der Waals surface area contributed by atoms with E-state index in [9.17, 15) is 0 Å². The number of hydrogen-bond donors (Lipinski definition) is 1. The number of anilines is 1. The van der Waals surface area contributed by atoms with Crippen molar-refractivity contribution in [3.05, 3.63) is 24.3 Å². The lowest BCUT2D eigenvalue weighted by Gasteiger charge is -2.09. The second kappa shape index (κ2) is 7.64. The number of methoxy groups -OCH3 is 1. The fourth-order valence-corrected chi connectivity index (χ4v) is 2.03. The fraction of sp³-hybridized carbons (Fsp3) is 0.615. The molecule has 7 nitrogen and oxygen atoms in total. The summed E-state index contributed by atoms with van der Waals surface area (Å²) in [5.74, 6) is 0.928. The van der Waals surface area contributed by atoms with Gasteiger partial charge in [-0.2, -0.15) is 0 Å². The maximum atomic E-state index is 5.08. The summed E-state index contributed by atoms with van der Waals surface area (Å²) in [6.45, 7) is 5.41. The van der Waals surface area contributed by atoms with Gasteiger partial charge >= 0.3 is 0 Å². The van der Waals surface area contributed by atoms with E-state index < -0.39 is 0 Å². The molecule has 2 rings (SSSR count). The molecule has 0 radical (unpaired) electrons. The third-order valence-corrected chi connectivity index (χ3v) is 2.96. The van der Waals surface area contributed by atoms with Crippen molar-refractivity contribution in [2.75, 3.05) is 25.6 Å². The molecular formula is C13H22N6O. The second-order valence-corrected chi connectivity index (χ2v) is 4.69. The van der Waals surface area contributed by atoms with Gasteiger partial charge in [-0.25, -0.2) is 4.98 Å². The predicted octanol–water partition coefficient (Wildman–Crippen LogP) is 1.32. The Kier molecular flexibility index (Phi) is 5.55. The highest BCUT2D eigenvalue weighted by Gasteiger charge is 2.04. The number of imidazole rings is 1. The van der Waals surface area contributed by atoms with Crippen LogP contribution in [0.4, 0.5) is 5.95 Å². The number of rotatable bonds is 9. The number of aromatic nitrogens is 5. The molecule has 0 aliphatic heterocycles. The van der Waals surface area contributed by atoms with Crippen LogP contribution in [0, 0.1) is 6.92 Å². The Morgan fingerprint density at radius 2 is 2.20 bits per heavy atom. The molecule has 0 bridgehead atoms. The van der Waals surface area contributed by atoms with Crippen molar-refractivity contribution in [2.45, 2.75) is 32.9 Å². The molecule has 0 aliphatic rings. The number of nitrogens with zero attached hydrogens (tertiary/aromatic N) is 5. The summed E-state index contributed by atoms with van der Waals surface area (Å²) in [4.78, 5) is 4.50. The first-order chi connectivity index (χ1) is 9.79. The first kappa shape index (κ1) is 14.5. The first-order valence-corrected chi connectivity index (χ1v) is 6.90. The van der Waals surface area contributed by atoms with Gasteiger partial charge in [-0.1, -0.05) is 5.21 Å². The van der Waals surface area contributed by atoms with Gasteiger partial charge in [0.05, 0.1) is 11.9 Å². The van der Waals surface area contributed by atoms with Gasteiger partial charge in [0.1, 0.15) is 0 Å². The molecule has 0 saturated heterocycles. The Balaban J connectivity index is 1.76. The average molecular weight is 278 g/mol. The molecule has 0 amide bonds. The highest BCUT2D eigenvalue weighted by Crippen LogP contribution is 2.09. The van der Waals surface area contributed by atoms with E-state index in [1.807, 2.05) is 17.8 Å². The lowest BCUT2D eigenvalue weighted by Crippen LogP contribution is -2.12. The molecule has 0 saturated carbocycles. The lowest BCUT2D eigenvalue weighted by molar-refractivity contribution is 0.190. The normalized spacial score (nSPS) is 10.9. The highest BCUT2D eigenvalue weighted by atomic mass is 16.5. The quantitative estimate of drug-likeness (QED) is 0.701. The zero-order chi connectivity index (χ0) is 14.2. The van der Waals surface area contributed by atoms with Crippen molar-refractivity contribution in [2.24, 2.45) is 0 Å². The Hall–Kier alpha value is -1.89. The summed E-state index contributed by atoms with van der Waals surface area (Å²) in [6, 6.07) is 0. The van der Waals surface area contributed by atoms with Gasteiger partial charge in [-0.3, -0.25) is 4.68 Å². The van der Waals surface area contributed by atoms with Gasteiger partial charge in [0, 0.05) is 45.7 Å². The van der Waals surface area contributed by atoms with Crippen LogP contribution < -0.4 is 5.32 Å². The summed E-state index contributed by atoms with van der Waals surface area (Å²) in [7, 11) is 1.72. The largest absolute Gasteiger partial charge is 0.385 e. The minimum absolute atomic E-state index is 0.767. The van der Waals surface area contributed by atoms with Crippen molar-refractivity contribution in [3.63, 3.8) is 0 Å². The summed E-state index contributed by atoms with van der Waals surface area (Å²) < 4.78 is 9.05. The molecular weight excluding hydrogens is 256 g/mol. The van der Waals surface area contributed by atoms with Gasteiger partial charge in [-0.15, -0.1) is 5.10 Å². The van der Waals surface area contributed by atoms with E-state index in [0.717, 1.165) is 50.7 Å². The molecule has 0 spiro atoms. The number of ether oxygens (including phenoxy) is 1. The monoisotopic (exact) mass is 278 g/mol. The van der Waals surface area contributed by atoms with E-state index in [4.69, 9.17) is 4.74 Å². The highest BCUT2D eigenvalue weighted by molar-refractivity contribution is 5.28. The molecule has 2 aromatic heterocycles. The maximum Gasteiger partial charge on any atom is 0.203 e. The van der Waals surface area contributed by atoms with E-state index >= 15 is 0 Å². The zero-order valence-corrected chi connectivity index (χ0v) is 12.1. The standard InChI is InChI=1S/C13H22N6O/c1-12-11-18(7-4-10-20-2)13(16-12)14-5-3-8-19-9-6-15-17-19/h6,9,11H,3-5,7-8,10H2,1-2H3,(H,14,16). The SMILES string of the molecule is COCCCn1cc(C)nc1NCCCn1ccnn1. The second-order valence-electron chi connectivity index (χ2n) is 4.69. The molecule has 1 N–H and O–H groups in total. The zero-order valence-electron chi connectivity index (χ0n) is 12.1. The van der Waals surface area contributed by atoms with Crippen molar-refractivity contribution in [3.8, 4) is 0 Å². The first-order valence-electron chi connectivity index (χ1n) is 6.90. The number of nitrogens with one attached hydrogen (secondary N) is 1. The van der Waals surface area contributed by atoms with E-state index in [1.165, 1.54) is 0 Å². The van der Waals surface area contributed by atoms with Gasteiger partial charge in [0.25, 0.3) is 0 Å². The van der Waals surface area contributed by atoms with Crippen molar-refractivity contribution in [1.82, 2.24) is 24.5 Å². The van der Waals surface area contributed by atoms with Gasteiger partial charge in [0.15, 0.2) is 0 Å². The molecule has 0 aromatic carbocycles. The average Bonchev–Trinajstić information content (AvgIpc) is 3.05. The van der Waals surface area contributed by atoms with Crippen LogP contribution in [-0.2, 0) is 17.8 Å². The molecule has 2 heterocycles. The summed E-state index contributed by atoms with van der Waals surface area (Å²) >= 11 is 0. The Morgan fingerprint density at radius 3 is 2.95 bits per heavy atom. The lowest BCUT2D eigenvalue weighted by atomic mass is 10.4. The Morgan fingerprint density at radius 1 is 1.30 bits per heavy atom. The topological polar surface area (TPSA) is 69.8 Å². The van der Waals surface area contributed by atoms with Crippen molar-refractivity contribution in [1.29, 1.82) is 0 Å². The van der Waals surface area contributed by atoms with E-state index in [0.29, 0.717) is 0 Å².